The molecule has 108 valence electrons. The largest absolute Gasteiger partial charge is 0.477 e. The Labute approximate surface area is 117 Å². The molecule has 1 N–H and O–H groups in total. The molecule has 2 rings (SSSR count). The SMILES string of the molecule is CCC(=O)n1c(=O)c(C(=O)O)cc2c([N+](=O)[O-])cccc21. The number of hydrogen-bond donors (Lipinski definition) is 1. The van der Waals surface area contributed by atoms with Crippen LogP contribution < -0.4 is 5.56 Å². The first-order valence-corrected chi connectivity index (χ1v) is 5.98. The fourth-order valence-corrected chi connectivity index (χ4v) is 2.04. The summed E-state index contributed by atoms with van der Waals surface area (Å²) in [6.45, 7) is 1.51. The molecule has 1 aromatic heterocycles. The second-order valence-corrected chi connectivity index (χ2v) is 4.22. The van der Waals surface area contributed by atoms with E-state index in [1.54, 1.807) is 0 Å². The minimum atomic E-state index is -1.54. The van der Waals surface area contributed by atoms with Gasteiger partial charge in [-0.2, -0.15) is 0 Å². The first-order valence-electron chi connectivity index (χ1n) is 5.98. The number of carbonyl (C=O) groups excluding carboxylic acids is 1. The van der Waals surface area contributed by atoms with Gasteiger partial charge in [0, 0.05) is 12.5 Å². The number of non-ortho nitro benzene ring substituents is 1. The molecule has 8 nitrogen and oxygen atoms in total. The monoisotopic (exact) mass is 290 g/mol. The Bertz CT molecular complexity index is 836. The van der Waals surface area contributed by atoms with Crippen LogP contribution in [0.15, 0.2) is 29.1 Å². The lowest BCUT2D eigenvalue weighted by atomic mass is 10.1. The van der Waals surface area contributed by atoms with Crippen molar-refractivity contribution in [3.63, 3.8) is 0 Å². The number of aromatic nitrogens is 1. The van der Waals surface area contributed by atoms with Crippen LogP contribution in [-0.2, 0) is 0 Å². The summed E-state index contributed by atoms with van der Waals surface area (Å²) in [6, 6.07) is 4.81. The summed E-state index contributed by atoms with van der Waals surface area (Å²) < 4.78 is 0.672. The maximum absolute atomic E-state index is 12.1. The second kappa shape index (κ2) is 5.16. The van der Waals surface area contributed by atoms with E-state index in [9.17, 15) is 24.5 Å². The summed E-state index contributed by atoms with van der Waals surface area (Å²) in [5, 5.41) is 20.0. The number of carboxylic acids is 1. The van der Waals surface area contributed by atoms with Crippen molar-refractivity contribution in [2.24, 2.45) is 0 Å². The van der Waals surface area contributed by atoms with Crippen molar-refractivity contribution in [2.45, 2.75) is 13.3 Å². The number of carboxylic acid groups (broad SMARTS) is 1. The van der Waals surface area contributed by atoms with Crippen molar-refractivity contribution < 1.29 is 19.6 Å². The summed E-state index contributed by atoms with van der Waals surface area (Å²) in [4.78, 5) is 45.4. The van der Waals surface area contributed by atoms with Gasteiger partial charge in [-0.15, -0.1) is 0 Å². The summed E-state index contributed by atoms with van der Waals surface area (Å²) in [7, 11) is 0. The van der Waals surface area contributed by atoms with Gasteiger partial charge >= 0.3 is 5.97 Å². The van der Waals surface area contributed by atoms with E-state index < -0.39 is 27.9 Å². The predicted octanol–water partition coefficient (Wildman–Crippen LogP) is 1.66. The zero-order valence-electron chi connectivity index (χ0n) is 10.9. The standard InChI is InChI=1S/C13H10N2O6/c1-2-11(16)14-9-4-3-5-10(15(20)21)7(9)6-8(12(14)17)13(18)19/h3-6H,2H2,1H3,(H,18,19). The highest BCUT2D eigenvalue weighted by Gasteiger charge is 2.22. The number of pyridine rings is 1. The number of nitro benzene ring substituents is 1. The van der Waals surface area contributed by atoms with Crippen LogP contribution in [0.3, 0.4) is 0 Å². The molecule has 0 aliphatic heterocycles. The highest BCUT2D eigenvalue weighted by Crippen LogP contribution is 2.25. The van der Waals surface area contributed by atoms with Gasteiger partial charge in [-0.05, 0) is 12.1 Å². The average molecular weight is 290 g/mol. The van der Waals surface area contributed by atoms with E-state index in [0.29, 0.717) is 4.57 Å². The molecule has 0 fully saturated rings. The van der Waals surface area contributed by atoms with Crippen LogP contribution in [0.4, 0.5) is 5.69 Å². The first kappa shape index (κ1) is 14.4. The summed E-state index contributed by atoms with van der Waals surface area (Å²) in [6.07, 6.45) is -0.0409. The van der Waals surface area contributed by atoms with Crippen molar-refractivity contribution in [1.29, 1.82) is 0 Å². The average Bonchev–Trinajstić information content (AvgIpc) is 2.44. The number of aromatic carboxylic acids is 1. The van der Waals surface area contributed by atoms with Crippen LogP contribution in [0.25, 0.3) is 10.9 Å². The van der Waals surface area contributed by atoms with E-state index in [1.165, 1.54) is 25.1 Å². The number of rotatable bonds is 3. The van der Waals surface area contributed by atoms with Crippen LogP contribution >= 0.6 is 0 Å². The zero-order valence-corrected chi connectivity index (χ0v) is 10.9. The van der Waals surface area contributed by atoms with E-state index in [0.717, 1.165) is 6.07 Å². The third kappa shape index (κ3) is 2.27. The number of benzene rings is 1. The van der Waals surface area contributed by atoms with Crippen LogP contribution in [0.5, 0.6) is 0 Å². The third-order valence-electron chi connectivity index (χ3n) is 3.00. The van der Waals surface area contributed by atoms with E-state index in [4.69, 9.17) is 5.11 Å². The molecule has 0 radical (unpaired) electrons. The fraction of sp³-hybridized carbons (Fsp3) is 0.154. The van der Waals surface area contributed by atoms with Crippen molar-refractivity contribution in [3.8, 4) is 0 Å². The Morgan fingerprint density at radius 3 is 2.57 bits per heavy atom. The normalized spacial score (nSPS) is 10.5. The van der Waals surface area contributed by atoms with Crippen molar-refractivity contribution in [2.75, 3.05) is 0 Å². The molecular weight excluding hydrogens is 280 g/mol. The molecule has 0 amide bonds. The minimum Gasteiger partial charge on any atom is -0.477 e. The van der Waals surface area contributed by atoms with Crippen LogP contribution in [0.1, 0.15) is 28.5 Å². The van der Waals surface area contributed by atoms with Gasteiger partial charge in [-0.1, -0.05) is 13.0 Å². The van der Waals surface area contributed by atoms with Crippen LogP contribution in [-0.4, -0.2) is 26.5 Å². The minimum absolute atomic E-state index is 0.0195. The lowest BCUT2D eigenvalue weighted by Crippen LogP contribution is -2.31. The number of carbonyl (C=O) groups is 2. The van der Waals surface area contributed by atoms with Gasteiger partial charge in [-0.3, -0.25) is 19.7 Å². The van der Waals surface area contributed by atoms with Gasteiger partial charge in [0.15, 0.2) is 0 Å². The zero-order chi connectivity index (χ0) is 15.7. The second-order valence-electron chi connectivity index (χ2n) is 4.22. The van der Waals surface area contributed by atoms with Crippen molar-refractivity contribution >= 4 is 28.5 Å². The lowest BCUT2D eigenvalue weighted by Gasteiger charge is -2.09. The molecule has 1 aromatic carbocycles. The van der Waals surface area contributed by atoms with E-state index in [-0.39, 0.29) is 23.0 Å². The first-order chi connectivity index (χ1) is 9.88. The van der Waals surface area contributed by atoms with Crippen LogP contribution in [0, 0.1) is 10.1 Å². The molecule has 0 unspecified atom stereocenters. The molecule has 8 heteroatoms. The van der Waals surface area contributed by atoms with Gasteiger partial charge in [0.2, 0.25) is 5.91 Å². The Balaban J connectivity index is 3.05. The maximum atomic E-state index is 12.1. The van der Waals surface area contributed by atoms with Crippen LogP contribution in [0.2, 0.25) is 0 Å². The Morgan fingerprint density at radius 1 is 1.38 bits per heavy atom. The van der Waals surface area contributed by atoms with Crippen molar-refractivity contribution in [3.05, 3.63) is 50.3 Å². The summed E-state index contributed by atoms with van der Waals surface area (Å²) >= 11 is 0. The fourth-order valence-electron chi connectivity index (χ4n) is 2.04. The number of hydrogen-bond acceptors (Lipinski definition) is 5. The molecule has 0 aliphatic rings. The van der Waals surface area contributed by atoms with E-state index in [2.05, 4.69) is 0 Å². The molecule has 2 aromatic rings. The highest BCUT2D eigenvalue weighted by molar-refractivity contribution is 6.00. The van der Waals surface area contributed by atoms with Gasteiger partial charge < -0.3 is 5.11 Å². The third-order valence-corrected chi connectivity index (χ3v) is 3.00. The topological polar surface area (TPSA) is 120 Å². The molecular formula is C13H10N2O6. The smallest absolute Gasteiger partial charge is 0.341 e. The molecule has 21 heavy (non-hydrogen) atoms. The molecule has 0 saturated heterocycles. The highest BCUT2D eigenvalue weighted by atomic mass is 16.6. The molecule has 0 spiro atoms. The van der Waals surface area contributed by atoms with Gasteiger partial charge in [-0.25, -0.2) is 9.36 Å². The van der Waals surface area contributed by atoms with E-state index in [1.807, 2.05) is 0 Å². The quantitative estimate of drug-likeness (QED) is 0.678. The molecule has 0 aliphatic carbocycles. The predicted molar refractivity (Wildman–Crippen MR) is 72.7 cm³/mol. The summed E-state index contributed by atoms with van der Waals surface area (Å²) in [5.74, 6) is -2.17. The molecule has 0 bridgehead atoms. The molecule has 0 atom stereocenters. The lowest BCUT2D eigenvalue weighted by molar-refractivity contribution is -0.383. The molecule has 1 heterocycles. The van der Waals surface area contributed by atoms with E-state index >= 15 is 0 Å². The summed E-state index contributed by atoms with van der Waals surface area (Å²) in [5.41, 5.74) is -2.03. The molecule has 0 saturated carbocycles. The Hall–Kier alpha value is -3.03. The van der Waals surface area contributed by atoms with Gasteiger partial charge in [0.05, 0.1) is 15.8 Å². The van der Waals surface area contributed by atoms with Crippen molar-refractivity contribution in [1.82, 2.24) is 4.57 Å². The number of fused-ring (bicyclic) bond motifs is 1. The Kier molecular flexibility index (Phi) is 3.53. The van der Waals surface area contributed by atoms with Gasteiger partial charge in [0.25, 0.3) is 11.2 Å². The number of nitrogens with zero attached hydrogens (tertiary/aromatic N) is 2. The Morgan fingerprint density at radius 2 is 2.05 bits per heavy atom. The number of nitro groups is 1. The maximum Gasteiger partial charge on any atom is 0.341 e. The van der Waals surface area contributed by atoms with Gasteiger partial charge in [0.1, 0.15) is 5.56 Å².